The van der Waals surface area contributed by atoms with E-state index in [1.54, 1.807) is 13.1 Å². The van der Waals surface area contributed by atoms with Crippen molar-refractivity contribution >= 4 is 28.2 Å². The highest BCUT2D eigenvalue weighted by Crippen LogP contribution is 2.41. The summed E-state index contributed by atoms with van der Waals surface area (Å²) in [5, 5.41) is 13.9. The molecule has 1 aromatic carbocycles. The largest absolute Gasteiger partial charge is 0.383 e. The monoisotopic (exact) mass is 425 g/mol. The maximum atomic E-state index is 10.0. The summed E-state index contributed by atoms with van der Waals surface area (Å²) in [5.74, 6) is 0.429. The van der Waals surface area contributed by atoms with Crippen LogP contribution in [0.2, 0.25) is 0 Å². The lowest BCUT2D eigenvalue weighted by Gasteiger charge is -2.15. The molecule has 8 heteroatoms. The number of nitrogens with two attached hydrogens (primary N) is 1. The lowest BCUT2D eigenvalue weighted by atomic mass is 9.99. The number of rotatable bonds is 5. The van der Waals surface area contributed by atoms with Gasteiger partial charge in [-0.1, -0.05) is 18.7 Å². The van der Waals surface area contributed by atoms with Gasteiger partial charge in [-0.3, -0.25) is 0 Å². The molecule has 0 aliphatic rings. The van der Waals surface area contributed by atoms with Crippen molar-refractivity contribution in [3.63, 3.8) is 0 Å². The van der Waals surface area contributed by atoms with Crippen LogP contribution < -0.4 is 11.1 Å². The Morgan fingerprint density at radius 1 is 1.09 bits per heavy atom. The van der Waals surface area contributed by atoms with Gasteiger partial charge < -0.3 is 25.1 Å². The van der Waals surface area contributed by atoms with Crippen LogP contribution in [0.5, 0.6) is 0 Å². The number of aromatic nitrogens is 5. The second-order valence-electron chi connectivity index (χ2n) is 7.82. The molecule has 0 radical (unpaired) electrons. The molecule has 0 bridgehead atoms. The van der Waals surface area contributed by atoms with Crippen LogP contribution in [0.25, 0.3) is 39.1 Å². The SMILES string of the molecule is C=C(C)C(O)Nc1ccc(-c2c(-c3ccn4ccnc4c3)c3c(N)ncnc3n2C)cc1. The first-order valence-corrected chi connectivity index (χ1v) is 10.2. The van der Waals surface area contributed by atoms with E-state index in [0.29, 0.717) is 11.4 Å². The fourth-order valence-electron chi connectivity index (χ4n) is 3.97. The lowest BCUT2D eigenvalue weighted by Crippen LogP contribution is -2.19. The number of hydrogen-bond acceptors (Lipinski definition) is 6. The number of hydrogen-bond donors (Lipinski definition) is 3. The molecule has 0 amide bonds. The van der Waals surface area contributed by atoms with Crippen molar-refractivity contribution < 1.29 is 5.11 Å². The van der Waals surface area contributed by atoms with Crippen LogP contribution in [-0.4, -0.2) is 35.3 Å². The minimum absolute atomic E-state index is 0.429. The fourth-order valence-corrected chi connectivity index (χ4v) is 3.97. The number of pyridine rings is 1. The van der Waals surface area contributed by atoms with E-state index in [-0.39, 0.29) is 0 Å². The number of nitrogen functional groups attached to an aromatic ring is 1. The van der Waals surface area contributed by atoms with Crippen LogP contribution in [0, 0.1) is 0 Å². The third kappa shape index (κ3) is 3.17. The van der Waals surface area contributed by atoms with Crippen molar-refractivity contribution in [1.82, 2.24) is 23.9 Å². The molecular formula is C24H23N7O. The minimum atomic E-state index is -0.801. The van der Waals surface area contributed by atoms with E-state index in [1.165, 1.54) is 6.33 Å². The van der Waals surface area contributed by atoms with Crippen molar-refractivity contribution in [1.29, 1.82) is 0 Å². The predicted molar refractivity (Wildman–Crippen MR) is 127 cm³/mol. The summed E-state index contributed by atoms with van der Waals surface area (Å²) in [6.45, 7) is 5.55. The van der Waals surface area contributed by atoms with Gasteiger partial charge in [0.25, 0.3) is 0 Å². The fraction of sp³-hybridized carbons (Fsp3) is 0.125. The Hall–Kier alpha value is -4.17. The molecule has 0 spiro atoms. The van der Waals surface area contributed by atoms with E-state index in [9.17, 15) is 5.11 Å². The number of fused-ring (bicyclic) bond motifs is 2. The first-order chi connectivity index (χ1) is 15.4. The number of aliphatic hydroxyl groups excluding tert-OH is 1. The molecule has 32 heavy (non-hydrogen) atoms. The van der Waals surface area contributed by atoms with Crippen LogP contribution in [0.15, 0.2) is 73.5 Å². The van der Waals surface area contributed by atoms with Crippen molar-refractivity contribution in [3.8, 4) is 22.4 Å². The Bertz CT molecular complexity index is 1460. The number of nitrogens with one attached hydrogen (secondary N) is 1. The van der Waals surface area contributed by atoms with E-state index >= 15 is 0 Å². The Kier molecular flexibility index (Phi) is 4.64. The van der Waals surface area contributed by atoms with Gasteiger partial charge in [-0.2, -0.15) is 0 Å². The van der Waals surface area contributed by atoms with Gasteiger partial charge in [-0.25, -0.2) is 15.0 Å². The first kappa shape index (κ1) is 19.8. The molecule has 8 nitrogen and oxygen atoms in total. The van der Waals surface area contributed by atoms with E-state index in [1.807, 2.05) is 64.8 Å². The Morgan fingerprint density at radius 2 is 1.88 bits per heavy atom. The molecule has 5 aromatic rings. The molecule has 0 aliphatic carbocycles. The molecule has 5 rings (SSSR count). The molecule has 4 heterocycles. The normalized spacial score (nSPS) is 12.3. The summed E-state index contributed by atoms with van der Waals surface area (Å²) in [6, 6.07) is 11.9. The summed E-state index contributed by atoms with van der Waals surface area (Å²) < 4.78 is 3.99. The summed E-state index contributed by atoms with van der Waals surface area (Å²) in [4.78, 5) is 13.2. The Morgan fingerprint density at radius 3 is 2.62 bits per heavy atom. The number of anilines is 2. The van der Waals surface area contributed by atoms with Crippen LogP contribution in [0.3, 0.4) is 0 Å². The summed E-state index contributed by atoms with van der Waals surface area (Å²) in [6.07, 6.45) is 6.34. The molecule has 0 saturated carbocycles. The van der Waals surface area contributed by atoms with Crippen molar-refractivity contribution in [2.75, 3.05) is 11.1 Å². The van der Waals surface area contributed by atoms with Crippen molar-refractivity contribution in [2.24, 2.45) is 7.05 Å². The maximum Gasteiger partial charge on any atom is 0.146 e. The summed E-state index contributed by atoms with van der Waals surface area (Å²) in [7, 11) is 1.97. The zero-order valence-electron chi connectivity index (χ0n) is 17.8. The molecule has 0 fully saturated rings. The number of imidazole rings is 1. The van der Waals surface area contributed by atoms with Gasteiger partial charge >= 0.3 is 0 Å². The molecule has 1 unspecified atom stereocenters. The number of aliphatic hydroxyl groups is 1. The highest BCUT2D eigenvalue weighted by molar-refractivity contribution is 6.08. The zero-order chi connectivity index (χ0) is 22.4. The highest BCUT2D eigenvalue weighted by Gasteiger charge is 2.22. The average molecular weight is 425 g/mol. The van der Waals surface area contributed by atoms with Gasteiger partial charge in [0.15, 0.2) is 0 Å². The lowest BCUT2D eigenvalue weighted by molar-refractivity contribution is 0.240. The minimum Gasteiger partial charge on any atom is -0.383 e. The first-order valence-electron chi connectivity index (χ1n) is 10.2. The second-order valence-corrected chi connectivity index (χ2v) is 7.82. The molecule has 4 N–H and O–H groups in total. The van der Waals surface area contributed by atoms with E-state index < -0.39 is 6.23 Å². The van der Waals surface area contributed by atoms with Crippen LogP contribution in [0.4, 0.5) is 11.5 Å². The van der Waals surface area contributed by atoms with Crippen molar-refractivity contribution in [3.05, 3.63) is 73.5 Å². The number of nitrogens with zero attached hydrogens (tertiary/aromatic N) is 5. The van der Waals surface area contributed by atoms with Gasteiger partial charge in [-0.15, -0.1) is 0 Å². The maximum absolute atomic E-state index is 10.0. The van der Waals surface area contributed by atoms with Crippen LogP contribution in [0.1, 0.15) is 6.92 Å². The summed E-state index contributed by atoms with van der Waals surface area (Å²) >= 11 is 0. The van der Waals surface area contributed by atoms with Gasteiger partial charge in [0.05, 0.1) is 11.1 Å². The number of aryl methyl sites for hydroxylation is 1. The van der Waals surface area contributed by atoms with Gasteiger partial charge in [0, 0.05) is 36.9 Å². The zero-order valence-corrected chi connectivity index (χ0v) is 17.8. The smallest absolute Gasteiger partial charge is 0.146 e. The molecule has 1 atom stereocenters. The third-order valence-electron chi connectivity index (χ3n) is 5.61. The van der Waals surface area contributed by atoms with Gasteiger partial charge in [0.2, 0.25) is 0 Å². The topological polar surface area (TPSA) is 106 Å². The highest BCUT2D eigenvalue weighted by atomic mass is 16.3. The number of benzene rings is 1. The molecule has 0 aliphatic heterocycles. The third-order valence-corrected chi connectivity index (χ3v) is 5.61. The van der Waals surface area contributed by atoms with Crippen LogP contribution >= 0.6 is 0 Å². The molecule has 4 aromatic heterocycles. The molecule has 160 valence electrons. The Balaban J connectivity index is 1.71. The molecule has 0 saturated heterocycles. The van der Waals surface area contributed by atoms with Crippen molar-refractivity contribution in [2.45, 2.75) is 13.2 Å². The predicted octanol–water partition coefficient (Wildman–Crippen LogP) is 3.84. The van der Waals surface area contributed by atoms with E-state index in [2.05, 4.69) is 26.8 Å². The van der Waals surface area contributed by atoms with Gasteiger partial charge in [0.1, 0.15) is 29.7 Å². The van der Waals surface area contributed by atoms with E-state index in [4.69, 9.17) is 5.73 Å². The van der Waals surface area contributed by atoms with E-state index in [0.717, 1.165) is 44.8 Å². The molecular weight excluding hydrogens is 402 g/mol. The summed E-state index contributed by atoms with van der Waals surface area (Å²) in [5.41, 5.74) is 13.2. The Labute approximate surface area is 184 Å². The standard InChI is InChI=1S/C24H23N7O/c1-14(2)24(32)29-17-6-4-15(5-7-17)21-19(16-8-10-31-11-9-26-18(31)12-16)20-22(25)27-13-28-23(20)30(21)3/h4-13,24,29,32H,1H2,2-3H3,(H2,25,27,28). The van der Waals surface area contributed by atoms with Gasteiger partial charge in [-0.05, 0) is 47.9 Å². The second kappa shape index (κ2) is 7.51. The van der Waals surface area contributed by atoms with Crippen LogP contribution in [-0.2, 0) is 7.05 Å². The quantitative estimate of drug-likeness (QED) is 0.292. The average Bonchev–Trinajstić information content (AvgIpc) is 3.37.